The number of anilines is 2. The molecule has 1 unspecified atom stereocenters. The lowest BCUT2D eigenvalue weighted by Crippen LogP contribution is -2.38. The van der Waals surface area contributed by atoms with E-state index in [4.69, 9.17) is 16.6 Å². The summed E-state index contributed by atoms with van der Waals surface area (Å²) in [5.41, 5.74) is -0.893. The van der Waals surface area contributed by atoms with E-state index >= 15 is 0 Å². The molecule has 2 N–H and O–H groups in total. The van der Waals surface area contributed by atoms with Gasteiger partial charge in [0.25, 0.3) is 11.5 Å². The number of hydrogen-bond acceptors (Lipinski definition) is 8. The molecule has 1 atom stereocenters. The maximum atomic E-state index is 14.4. The minimum Gasteiger partial charge on any atom is -0.377 e. The zero-order valence-electron chi connectivity index (χ0n) is 24.2. The van der Waals surface area contributed by atoms with Crippen molar-refractivity contribution in [2.45, 2.75) is 37.9 Å². The van der Waals surface area contributed by atoms with E-state index in [-0.39, 0.29) is 50.7 Å². The predicted octanol–water partition coefficient (Wildman–Crippen LogP) is 5.44. The van der Waals surface area contributed by atoms with Crippen LogP contribution in [0.4, 0.5) is 29.2 Å². The summed E-state index contributed by atoms with van der Waals surface area (Å²) >= 11 is 7.06. The maximum Gasteiger partial charge on any atom is 0.416 e. The number of aryl methyl sites for hydroxylation is 1. The molecule has 0 bridgehead atoms. The smallest absolute Gasteiger partial charge is 0.377 e. The number of carbonyl (C=O) groups excluding carboxylic acids is 1. The first kappa shape index (κ1) is 31.6. The number of rotatable bonds is 7. The molecule has 1 aromatic carbocycles. The van der Waals surface area contributed by atoms with Crippen LogP contribution in [0.3, 0.4) is 0 Å². The number of fused-ring (bicyclic) bond motifs is 1. The molecule has 10 nitrogen and oxygen atoms in total. The molecule has 4 heterocycles. The van der Waals surface area contributed by atoms with Gasteiger partial charge in [-0.1, -0.05) is 23.5 Å². The second-order valence-electron chi connectivity index (χ2n) is 10.6. The third kappa shape index (κ3) is 6.20. The Hall–Kier alpha value is -3.85. The van der Waals surface area contributed by atoms with E-state index in [2.05, 4.69) is 20.1 Å². The van der Waals surface area contributed by atoms with Crippen LogP contribution in [-0.4, -0.2) is 49.6 Å². The number of benzene rings is 1. The summed E-state index contributed by atoms with van der Waals surface area (Å²) in [6, 6.07) is 3.86. The van der Waals surface area contributed by atoms with E-state index in [1.54, 1.807) is 20.2 Å². The van der Waals surface area contributed by atoms with E-state index in [0.717, 1.165) is 24.1 Å². The second-order valence-corrected chi connectivity index (χ2v) is 11.6. The Bertz CT molecular complexity index is 1790. The van der Waals surface area contributed by atoms with Crippen molar-refractivity contribution in [1.82, 2.24) is 29.0 Å². The summed E-state index contributed by atoms with van der Waals surface area (Å²) in [6.45, 7) is 2.46. The van der Waals surface area contributed by atoms with E-state index in [1.165, 1.54) is 34.6 Å². The normalized spacial score (nSPS) is 15.1. The molecule has 1 amide bonds. The SMILES string of the molecule is CSNC(=O)c1nc(Cl)ccc1NC(C)c1cc(C(F)(F)F)cc2c(=O)n(C)c(N3CCC(c4nn(C)cc4F)CC3)nc12. The largest absolute Gasteiger partial charge is 0.416 e. The van der Waals surface area contributed by atoms with Gasteiger partial charge in [0, 0.05) is 44.9 Å². The Morgan fingerprint density at radius 1 is 1.16 bits per heavy atom. The van der Waals surface area contributed by atoms with Crippen molar-refractivity contribution in [2.75, 3.05) is 29.6 Å². The van der Waals surface area contributed by atoms with Crippen molar-refractivity contribution >= 4 is 52.0 Å². The number of carbonyl (C=O) groups is 1. The van der Waals surface area contributed by atoms with Crippen LogP contribution in [0.2, 0.25) is 5.15 Å². The monoisotopic (exact) mass is 652 g/mol. The Morgan fingerprint density at radius 2 is 1.86 bits per heavy atom. The van der Waals surface area contributed by atoms with Crippen molar-refractivity contribution in [3.8, 4) is 0 Å². The fraction of sp³-hybridized carbons (Fsp3) is 0.393. The van der Waals surface area contributed by atoms with Crippen LogP contribution in [0.25, 0.3) is 10.9 Å². The van der Waals surface area contributed by atoms with Crippen molar-refractivity contribution < 1.29 is 22.4 Å². The number of alkyl halides is 3. The molecule has 0 saturated carbocycles. The van der Waals surface area contributed by atoms with Gasteiger partial charge in [-0.15, -0.1) is 0 Å². The van der Waals surface area contributed by atoms with Crippen LogP contribution in [0, 0.1) is 5.82 Å². The molecule has 1 saturated heterocycles. The first-order chi connectivity index (χ1) is 20.8. The van der Waals surface area contributed by atoms with E-state index in [9.17, 15) is 27.2 Å². The number of aromatic nitrogens is 5. The molecule has 1 fully saturated rings. The lowest BCUT2D eigenvalue weighted by atomic mass is 9.93. The third-order valence-corrected chi connectivity index (χ3v) is 8.20. The first-order valence-electron chi connectivity index (χ1n) is 13.6. The highest BCUT2D eigenvalue weighted by Gasteiger charge is 2.34. The van der Waals surface area contributed by atoms with Gasteiger partial charge in [-0.05, 0) is 44.0 Å². The van der Waals surface area contributed by atoms with Gasteiger partial charge in [-0.25, -0.2) is 14.4 Å². The highest BCUT2D eigenvalue weighted by molar-refractivity contribution is 7.97. The molecular weight excluding hydrogens is 624 g/mol. The number of amides is 1. The summed E-state index contributed by atoms with van der Waals surface area (Å²) in [7, 11) is 3.11. The number of nitrogens with zero attached hydrogens (tertiary/aromatic N) is 6. The summed E-state index contributed by atoms with van der Waals surface area (Å²) in [6.07, 6.45) is -0.676. The average Bonchev–Trinajstić information content (AvgIpc) is 3.32. The lowest BCUT2D eigenvalue weighted by molar-refractivity contribution is -0.137. The molecule has 4 aromatic rings. The zero-order valence-corrected chi connectivity index (χ0v) is 25.7. The van der Waals surface area contributed by atoms with Gasteiger partial charge >= 0.3 is 6.18 Å². The van der Waals surface area contributed by atoms with Gasteiger partial charge in [0.1, 0.15) is 10.8 Å². The molecule has 16 heteroatoms. The maximum absolute atomic E-state index is 14.4. The molecule has 44 heavy (non-hydrogen) atoms. The van der Waals surface area contributed by atoms with Crippen LogP contribution in [0.5, 0.6) is 0 Å². The Labute approximate surface area is 258 Å². The van der Waals surface area contributed by atoms with Crippen LogP contribution in [-0.2, 0) is 20.3 Å². The highest BCUT2D eigenvalue weighted by Crippen LogP contribution is 2.36. The van der Waals surface area contributed by atoms with Crippen LogP contribution >= 0.6 is 23.5 Å². The lowest BCUT2D eigenvalue weighted by Gasteiger charge is -2.33. The quantitative estimate of drug-likeness (QED) is 0.154. The number of piperidine rings is 1. The molecule has 5 rings (SSSR count). The van der Waals surface area contributed by atoms with E-state index < -0.39 is 29.2 Å². The van der Waals surface area contributed by atoms with Crippen LogP contribution in [0.15, 0.2) is 35.3 Å². The van der Waals surface area contributed by atoms with Crippen molar-refractivity contribution in [2.24, 2.45) is 14.1 Å². The number of nitrogens with one attached hydrogen (secondary N) is 2. The molecule has 1 aliphatic heterocycles. The Balaban J connectivity index is 1.55. The van der Waals surface area contributed by atoms with Gasteiger partial charge in [-0.3, -0.25) is 23.6 Å². The van der Waals surface area contributed by atoms with Gasteiger partial charge in [-0.2, -0.15) is 18.3 Å². The Morgan fingerprint density at radius 3 is 2.48 bits per heavy atom. The molecule has 1 aliphatic rings. The van der Waals surface area contributed by atoms with Crippen molar-refractivity contribution in [3.63, 3.8) is 0 Å². The number of hydrogen-bond donors (Lipinski definition) is 2. The molecule has 3 aromatic heterocycles. The molecule has 0 spiro atoms. The average molecular weight is 653 g/mol. The third-order valence-electron chi connectivity index (χ3n) is 7.60. The van der Waals surface area contributed by atoms with Gasteiger partial charge in [0.15, 0.2) is 11.5 Å². The molecule has 0 aliphatic carbocycles. The van der Waals surface area contributed by atoms with Crippen LogP contribution in [0.1, 0.15) is 59.0 Å². The number of pyridine rings is 1. The molecule has 0 radical (unpaired) electrons. The second kappa shape index (κ2) is 12.3. The summed E-state index contributed by atoms with van der Waals surface area (Å²) in [4.78, 5) is 36.9. The first-order valence-corrected chi connectivity index (χ1v) is 15.2. The molecule has 234 valence electrons. The summed E-state index contributed by atoms with van der Waals surface area (Å²) in [5, 5.41) is 7.17. The fourth-order valence-electron chi connectivity index (χ4n) is 5.45. The topological polar surface area (TPSA) is 110 Å². The van der Waals surface area contributed by atoms with E-state index in [0.29, 0.717) is 31.6 Å². The summed E-state index contributed by atoms with van der Waals surface area (Å²) < 4.78 is 61.6. The molecular formula is C28H29ClF4N8O2S. The Kier molecular flexibility index (Phi) is 8.80. The van der Waals surface area contributed by atoms with Gasteiger partial charge in [0.05, 0.1) is 34.4 Å². The highest BCUT2D eigenvalue weighted by atomic mass is 35.5. The van der Waals surface area contributed by atoms with Gasteiger partial charge < -0.3 is 10.2 Å². The predicted molar refractivity (Wildman–Crippen MR) is 162 cm³/mol. The minimum absolute atomic E-state index is 0.0493. The van der Waals surface area contributed by atoms with Gasteiger partial charge in [0.2, 0.25) is 5.95 Å². The van der Waals surface area contributed by atoms with Crippen LogP contribution < -0.4 is 20.5 Å². The summed E-state index contributed by atoms with van der Waals surface area (Å²) in [5.74, 6) is -0.765. The number of halogens is 5. The fourth-order valence-corrected chi connectivity index (χ4v) is 5.88. The van der Waals surface area contributed by atoms with Crippen molar-refractivity contribution in [1.29, 1.82) is 0 Å². The standard InChI is InChI=1S/C28H29ClF4N8O2S/c1-14(34-20-5-6-21(29)35-24(20)25(42)38-44-4)17-11-16(28(31,32)33)12-18-23(17)36-27(40(3)26(18)43)41-9-7-15(8-10-41)22-19(30)13-39(2)37-22/h5-6,11-15,34H,7-10H2,1-4H3,(H,38,42). The van der Waals surface area contributed by atoms with E-state index in [1.807, 2.05) is 4.90 Å². The zero-order chi connectivity index (χ0) is 31.9. The minimum atomic E-state index is -4.74. The van der Waals surface area contributed by atoms with Crippen molar-refractivity contribution in [3.05, 3.63) is 74.3 Å².